The van der Waals surface area contributed by atoms with Crippen LogP contribution in [0.4, 0.5) is 10.1 Å². The van der Waals surface area contributed by atoms with E-state index >= 15 is 0 Å². The van der Waals surface area contributed by atoms with Crippen LogP contribution in [0.5, 0.6) is 0 Å². The predicted octanol–water partition coefficient (Wildman–Crippen LogP) is 4.46. The number of rotatable bonds is 4. The summed E-state index contributed by atoms with van der Waals surface area (Å²) in [4.78, 5) is 2.25. The summed E-state index contributed by atoms with van der Waals surface area (Å²) in [7, 11) is 0. The van der Waals surface area contributed by atoms with Crippen molar-refractivity contribution in [1.29, 1.82) is 0 Å². The molecule has 3 heteroatoms. The molecule has 1 aliphatic rings. The minimum absolute atomic E-state index is 0.177. The Hall–Kier alpha value is -1.54. The van der Waals surface area contributed by atoms with Crippen molar-refractivity contribution < 1.29 is 4.39 Å². The Morgan fingerprint density at radius 3 is 2.53 bits per heavy atom. The average molecular weight is 275 g/mol. The lowest BCUT2D eigenvalue weighted by Crippen LogP contribution is -2.25. The Labute approximate surface area is 117 Å². The highest BCUT2D eigenvalue weighted by molar-refractivity contribution is 6.31. The van der Waals surface area contributed by atoms with Crippen molar-refractivity contribution in [1.82, 2.24) is 0 Å². The molecule has 1 fully saturated rings. The lowest BCUT2D eigenvalue weighted by molar-refractivity contribution is 0.627. The van der Waals surface area contributed by atoms with Gasteiger partial charge in [0.15, 0.2) is 0 Å². The van der Waals surface area contributed by atoms with Crippen molar-refractivity contribution in [2.24, 2.45) is 0 Å². The molecule has 2 aromatic rings. The van der Waals surface area contributed by atoms with E-state index in [1.807, 2.05) is 18.2 Å². The van der Waals surface area contributed by atoms with E-state index in [-0.39, 0.29) is 10.8 Å². The highest BCUT2D eigenvalue weighted by Gasteiger charge is 2.30. The molecule has 0 aliphatic heterocycles. The summed E-state index contributed by atoms with van der Waals surface area (Å²) in [5.41, 5.74) is 2.21. The molecule has 0 N–H and O–H groups in total. The van der Waals surface area contributed by atoms with Gasteiger partial charge in [0.2, 0.25) is 0 Å². The quantitative estimate of drug-likeness (QED) is 0.795. The summed E-state index contributed by atoms with van der Waals surface area (Å²) in [6.07, 6.45) is 3.31. The van der Waals surface area contributed by atoms with Crippen LogP contribution in [0, 0.1) is 12.2 Å². The van der Waals surface area contributed by atoms with Crippen LogP contribution >= 0.6 is 11.6 Å². The Kier molecular flexibility index (Phi) is 3.43. The molecule has 0 heterocycles. The fourth-order valence-electron chi connectivity index (χ4n) is 2.16. The third kappa shape index (κ3) is 2.90. The standard InChI is InChI=1S/C16H14ClFN/c17-15-10-14(8-9-16(15)18)19(13-6-7-13)11-12-4-2-1-3-5-12/h1-6,8-10,13H,7,11H2. The second-order valence-corrected chi connectivity index (χ2v) is 5.16. The van der Waals surface area contributed by atoms with E-state index in [0.29, 0.717) is 6.04 Å². The van der Waals surface area contributed by atoms with E-state index in [0.717, 1.165) is 18.7 Å². The summed E-state index contributed by atoms with van der Waals surface area (Å²) in [5.74, 6) is -0.371. The van der Waals surface area contributed by atoms with Gasteiger partial charge in [-0.25, -0.2) is 4.39 Å². The van der Waals surface area contributed by atoms with Gasteiger partial charge in [-0.2, -0.15) is 0 Å². The summed E-state index contributed by atoms with van der Waals surface area (Å²) in [6.45, 7) is 0.809. The van der Waals surface area contributed by atoms with Gasteiger partial charge in [0.1, 0.15) is 5.82 Å². The molecule has 1 radical (unpaired) electrons. The first-order chi connectivity index (χ1) is 9.24. The van der Waals surface area contributed by atoms with Gasteiger partial charge >= 0.3 is 0 Å². The first kappa shape index (κ1) is 12.5. The minimum Gasteiger partial charge on any atom is -0.364 e. The van der Waals surface area contributed by atoms with Crippen LogP contribution in [0.15, 0.2) is 48.5 Å². The van der Waals surface area contributed by atoms with Gasteiger partial charge in [-0.1, -0.05) is 41.9 Å². The van der Waals surface area contributed by atoms with Crippen LogP contribution < -0.4 is 4.90 Å². The van der Waals surface area contributed by atoms with Crippen LogP contribution in [0.1, 0.15) is 12.0 Å². The van der Waals surface area contributed by atoms with Crippen molar-refractivity contribution in [2.45, 2.75) is 19.0 Å². The third-order valence-electron chi connectivity index (χ3n) is 3.28. The lowest BCUT2D eigenvalue weighted by Gasteiger charge is -2.25. The third-order valence-corrected chi connectivity index (χ3v) is 3.57. The molecule has 1 unspecified atom stereocenters. The predicted molar refractivity (Wildman–Crippen MR) is 76.7 cm³/mol. The molecule has 97 valence electrons. The number of benzene rings is 2. The fourth-order valence-corrected chi connectivity index (χ4v) is 2.33. The zero-order valence-electron chi connectivity index (χ0n) is 10.4. The molecule has 0 spiro atoms. The molecule has 0 aromatic heterocycles. The van der Waals surface area contributed by atoms with Gasteiger partial charge < -0.3 is 4.90 Å². The first-order valence-electron chi connectivity index (χ1n) is 6.33. The zero-order valence-corrected chi connectivity index (χ0v) is 11.1. The number of halogens is 2. The Bertz CT molecular complexity index is 566. The van der Waals surface area contributed by atoms with Gasteiger partial charge in [0, 0.05) is 18.3 Å². The summed E-state index contributed by atoms with van der Waals surface area (Å²) in [6, 6.07) is 15.6. The molecule has 0 amide bonds. The number of anilines is 1. The SMILES string of the molecule is Fc1ccc(N(Cc2ccccc2)C2[CH]C2)cc1Cl. The number of nitrogens with zero attached hydrogens (tertiary/aromatic N) is 1. The normalized spacial score (nSPS) is 14.4. The molecule has 0 bridgehead atoms. The largest absolute Gasteiger partial charge is 0.364 e. The fraction of sp³-hybridized carbons (Fsp3) is 0.188. The van der Waals surface area contributed by atoms with Gasteiger partial charge in [0.25, 0.3) is 0 Å². The second-order valence-electron chi connectivity index (χ2n) is 4.75. The molecular formula is C16H14ClFN. The Morgan fingerprint density at radius 1 is 1.16 bits per heavy atom. The summed E-state index contributed by atoms with van der Waals surface area (Å²) < 4.78 is 13.2. The maximum Gasteiger partial charge on any atom is 0.141 e. The number of hydrogen-bond acceptors (Lipinski definition) is 1. The molecule has 3 rings (SSSR count). The lowest BCUT2D eigenvalue weighted by atomic mass is 10.2. The van der Waals surface area contributed by atoms with E-state index in [2.05, 4.69) is 23.5 Å². The second kappa shape index (κ2) is 5.22. The molecule has 1 nitrogen and oxygen atoms in total. The van der Waals surface area contributed by atoms with Crippen molar-refractivity contribution in [3.05, 3.63) is 71.4 Å². The Balaban J connectivity index is 1.86. The molecule has 19 heavy (non-hydrogen) atoms. The van der Waals surface area contributed by atoms with E-state index in [1.165, 1.54) is 11.6 Å². The average Bonchev–Trinajstić information content (AvgIpc) is 3.25. The molecule has 1 aliphatic carbocycles. The van der Waals surface area contributed by atoms with Crippen LogP contribution in [0.2, 0.25) is 5.02 Å². The zero-order chi connectivity index (χ0) is 13.2. The van der Waals surface area contributed by atoms with E-state index in [9.17, 15) is 4.39 Å². The molecule has 1 atom stereocenters. The summed E-state index contributed by atoms with van der Waals surface area (Å²) >= 11 is 5.87. The van der Waals surface area contributed by atoms with Crippen LogP contribution in [0.3, 0.4) is 0 Å². The van der Waals surface area contributed by atoms with Crippen molar-refractivity contribution in [2.75, 3.05) is 4.90 Å². The highest BCUT2D eigenvalue weighted by Crippen LogP contribution is 2.33. The van der Waals surface area contributed by atoms with Crippen LogP contribution in [-0.4, -0.2) is 6.04 Å². The number of hydrogen-bond donors (Lipinski definition) is 0. The van der Waals surface area contributed by atoms with E-state index < -0.39 is 0 Å². The highest BCUT2D eigenvalue weighted by atomic mass is 35.5. The monoisotopic (exact) mass is 274 g/mol. The molecule has 2 aromatic carbocycles. The van der Waals surface area contributed by atoms with Crippen molar-refractivity contribution in [3.8, 4) is 0 Å². The van der Waals surface area contributed by atoms with Gasteiger partial charge in [-0.3, -0.25) is 0 Å². The molecular weight excluding hydrogens is 261 g/mol. The van der Waals surface area contributed by atoms with Crippen LogP contribution in [0.25, 0.3) is 0 Å². The topological polar surface area (TPSA) is 3.24 Å². The Morgan fingerprint density at radius 2 is 1.89 bits per heavy atom. The van der Waals surface area contributed by atoms with Crippen LogP contribution in [-0.2, 0) is 6.54 Å². The van der Waals surface area contributed by atoms with Gasteiger partial charge in [-0.15, -0.1) is 0 Å². The smallest absolute Gasteiger partial charge is 0.141 e. The maximum absolute atomic E-state index is 13.2. The molecule has 0 saturated heterocycles. The maximum atomic E-state index is 13.2. The van der Waals surface area contributed by atoms with Crippen molar-refractivity contribution in [3.63, 3.8) is 0 Å². The minimum atomic E-state index is -0.371. The van der Waals surface area contributed by atoms with Gasteiger partial charge in [-0.05, 0) is 36.6 Å². The van der Waals surface area contributed by atoms with Gasteiger partial charge in [0.05, 0.1) is 5.02 Å². The van der Waals surface area contributed by atoms with E-state index in [1.54, 1.807) is 12.1 Å². The first-order valence-corrected chi connectivity index (χ1v) is 6.71. The molecule has 1 saturated carbocycles. The summed E-state index contributed by atoms with van der Waals surface area (Å²) in [5, 5.41) is 0.177. The van der Waals surface area contributed by atoms with Crippen molar-refractivity contribution >= 4 is 17.3 Å². The van der Waals surface area contributed by atoms with E-state index in [4.69, 9.17) is 11.6 Å².